The molecule has 2 saturated heterocycles. The van der Waals surface area contributed by atoms with Gasteiger partial charge in [0, 0.05) is 38.9 Å². The molecule has 0 spiro atoms. The summed E-state index contributed by atoms with van der Waals surface area (Å²) in [6, 6.07) is 0. The van der Waals surface area contributed by atoms with Crippen molar-refractivity contribution >= 4 is 17.5 Å². The zero-order valence-electron chi connectivity index (χ0n) is 14.4. The van der Waals surface area contributed by atoms with Crippen LogP contribution in [-0.2, 0) is 20.9 Å². The molecule has 2 aliphatic heterocycles. The Morgan fingerprint density at radius 2 is 2.33 bits per heavy atom. The van der Waals surface area contributed by atoms with Gasteiger partial charge in [-0.15, -0.1) is 0 Å². The van der Waals surface area contributed by atoms with Crippen LogP contribution in [0.25, 0.3) is 0 Å². The Bertz CT molecular complexity index is 592. The lowest BCUT2D eigenvalue weighted by molar-refractivity contribution is -0.126. The van der Waals surface area contributed by atoms with Crippen molar-refractivity contribution in [2.75, 3.05) is 24.6 Å². The fourth-order valence-electron chi connectivity index (χ4n) is 3.26. The van der Waals surface area contributed by atoms with Crippen molar-refractivity contribution < 1.29 is 14.3 Å². The predicted molar refractivity (Wildman–Crippen MR) is 89.5 cm³/mol. The zero-order chi connectivity index (χ0) is 17.1. The number of nitrogens with zero attached hydrogens (tertiary/aromatic N) is 3. The van der Waals surface area contributed by atoms with Gasteiger partial charge in [-0.25, -0.2) is 0 Å². The fraction of sp³-hybridized carbons (Fsp3) is 0.706. The van der Waals surface area contributed by atoms with Crippen molar-refractivity contribution in [1.82, 2.24) is 15.1 Å². The third-order valence-electron chi connectivity index (χ3n) is 4.51. The van der Waals surface area contributed by atoms with E-state index >= 15 is 0 Å². The topological polar surface area (TPSA) is 76.5 Å². The minimum Gasteiger partial charge on any atom is -0.376 e. The molecule has 1 N–H and O–H groups in total. The minimum atomic E-state index is -0.299. The monoisotopic (exact) mass is 334 g/mol. The third-order valence-corrected chi connectivity index (χ3v) is 4.51. The molecular weight excluding hydrogens is 308 g/mol. The molecule has 1 aromatic heterocycles. The normalized spacial score (nSPS) is 24.1. The van der Waals surface area contributed by atoms with Gasteiger partial charge in [0.2, 0.25) is 11.8 Å². The number of carbonyl (C=O) groups excluding carboxylic acids is 2. The van der Waals surface area contributed by atoms with Crippen LogP contribution in [-0.4, -0.2) is 47.4 Å². The van der Waals surface area contributed by atoms with E-state index in [9.17, 15) is 9.59 Å². The zero-order valence-corrected chi connectivity index (χ0v) is 14.4. The van der Waals surface area contributed by atoms with Crippen molar-refractivity contribution in [2.24, 2.45) is 11.8 Å². The first kappa shape index (κ1) is 17.0. The van der Waals surface area contributed by atoms with Gasteiger partial charge >= 0.3 is 0 Å². The number of aromatic nitrogens is 2. The number of carbonyl (C=O) groups is 2. The molecule has 24 heavy (non-hydrogen) atoms. The van der Waals surface area contributed by atoms with Gasteiger partial charge in [0.1, 0.15) is 0 Å². The summed E-state index contributed by atoms with van der Waals surface area (Å²) in [5, 5.41) is 7.23. The SMILES string of the molecule is CC(C)Cn1cc(N2CC(C(=O)NCC3CCCO3)CC2=O)cn1. The number of nitrogens with one attached hydrogen (secondary N) is 1. The lowest BCUT2D eigenvalue weighted by Gasteiger charge is -2.15. The van der Waals surface area contributed by atoms with Crippen LogP contribution in [0.3, 0.4) is 0 Å². The van der Waals surface area contributed by atoms with Gasteiger partial charge in [0.15, 0.2) is 0 Å². The molecule has 0 saturated carbocycles. The van der Waals surface area contributed by atoms with E-state index in [1.54, 1.807) is 11.1 Å². The molecule has 0 aliphatic carbocycles. The van der Waals surface area contributed by atoms with Crippen LogP contribution in [0.15, 0.2) is 12.4 Å². The highest BCUT2D eigenvalue weighted by molar-refractivity contribution is 6.00. The van der Waals surface area contributed by atoms with E-state index in [4.69, 9.17) is 4.74 Å². The van der Waals surface area contributed by atoms with Crippen LogP contribution in [0.2, 0.25) is 0 Å². The predicted octanol–water partition coefficient (Wildman–Crippen LogP) is 1.19. The first-order valence-electron chi connectivity index (χ1n) is 8.75. The molecule has 3 rings (SSSR count). The van der Waals surface area contributed by atoms with Gasteiger partial charge in [0.25, 0.3) is 0 Å². The van der Waals surface area contributed by atoms with Crippen LogP contribution in [0.1, 0.15) is 33.1 Å². The summed E-state index contributed by atoms with van der Waals surface area (Å²) in [5.41, 5.74) is 0.773. The van der Waals surface area contributed by atoms with E-state index in [0.717, 1.165) is 31.7 Å². The summed E-state index contributed by atoms with van der Waals surface area (Å²) in [4.78, 5) is 26.2. The maximum atomic E-state index is 12.3. The number of anilines is 1. The van der Waals surface area contributed by atoms with Crippen molar-refractivity contribution in [3.05, 3.63) is 12.4 Å². The number of ether oxygens (including phenoxy) is 1. The first-order valence-corrected chi connectivity index (χ1v) is 8.75. The number of hydrogen-bond donors (Lipinski definition) is 1. The molecule has 132 valence electrons. The molecule has 2 fully saturated rings. The second-order valence-corrected chi connectivity index (χ2v) is 7.10. The molecule has 3 heterocycles. The molecule has 0 radical (unpaired) electrons. The van der Waals surface area contributed by atoms with Gasteiger partial charge in [-0.1, -0.05) is 13.8 Å². The largest absolute Gasteiger partial charge is 0.376 e. The second kappa shape index (κ2) is 7.34. The summed E-state index contributed by atoms with van der Waals surface area (Å²) in [6.07, 6.45) is 6.00. The average molecular weight is 334 g/mol. The molecule has 2 unspecified atom stereocenters. The molecule has 2 amide bonds. The van der Waals surface area contributed by atoms with Crippen molar-refractivity contribution in [2.45, 2.75) is 45.8 Å². The van der Waals surface area contributed by atoms with Crippen LogP contribution in [0.4, 0.5) is 5.69 Å². The molecule has 0 aromatic carbocycles. The van der Waals surface area contributed by atoms with Crippen LogP contribution in [0, 0.1) is 11.8 Å². The number of rotatable bonds is 6. The highest BCUT2D eigenvalue weighted by atomic mass is 16.5. The van der Waals surface area contributed by atoms with E-state index in [2.05, 4.69) is 24.3 Å². The van der Waals surface area contributed by atoms with Gasteiger partial charge in [-0.05, 0) is 18.8 Å². The van der Waals surface area contributed by atoms with E-state index in [-0.39, 0.29) is 30.3 Å². The Kier molecular flexibility index (Phi) is 5.18. The molecule has 7 heteroatoms. The van der Waals surface area contributed by atoms with Crippen LogP contribution in [0.5, 0.6) is 0 Å². The second-order valence-electron chi connectivity index (χ2n) is 7.10. The van der Waals surface area contributed by atoms with Crippen LogP contribution >= 0.6 is 0 Å². The summed E-state index contributed by atoms with van der Waals surface area (Å²) in [6.45, 7) is 6.79. The lowest BCUT2D eigenvalue weighted by Crippen LogP contribution is -2.37. The van der Waals surface area contributed by atoms with E-state index in [0.29, 0.717) is 19.0 Å². The first-order chi connectivity index (χ1) is 11.5. The molecule has 0 bridgehead atoms. The van der Waals surface area contributed by atoms with Gasteiger partial charge in [0.05, 0.1) is 23.9 Å². The molecule has 7 nitrogen and oxygen atoms in total. The maximum Gasteiger partial charge on any atom is 0.227 e. The Morgan fingerprint density at radius 1 is 1.50 bits per heavy atom. The highest BCUT2D eigenvalue weighted by Gasteiger charge is 2.35. The summed E-state index contributed by atoms with van der Waals surface area (Å²) in [7, 11) is 0. The molecule has 1 aromatic rings. The average Bonchev–Trinajstić information content (AvgIpc) is 3.24. The standard InChI is InChI=1S/C17H26N4O3/c1-12(2)9-20-11-14(7-19-20)21-10-13(6-16(21)22)17(23)18-8-15-4-3-5-24-15/h7,11-13,15H,3-6,8-10H2,1-2H3,(H,18,23). The fourth-order valence-corrected chi connectivity index (χ4v) is 3.26. The summed E-state index contributed by atoms with van der Waals surface area (Å²) in [5.74, 6) is 0.114. The molecular formula is C17H26N4O3. The number of hydrogen-bond acceptors (Lipinski definition) is 4. The summed E-state index contributed by atoms with van der Waals surface area (Å²) < 4.78 is 7.35. The lowest BCUT2D eigenvalue weighted by atomic mass is 10.1. The Labute approximate surface area is 142 Å². The Balaban J connectivity index is 1.54. The third kappa shape index (κ3) is 3.95. The van der Waals surface area contributed by atoms with Gasteiger partial charge in [-0.2, -0.15) is 5.10 Å². The summed E-state index contributed by atoms with van der Waals surface area (Å²) >= 11 is 0. The van der Waals surface area contributed by atoms with Gasteiger partial charge < -0.3 is 15.0 Å². The number of amides is 2. The Morgan fingerprint density at radius 3 is 3.04 bits per heavy atom. The smallest absolute Gasteiger partial charge is 0.227 e. The molecule has 2 aliphatic rings. The van der Waals surface area contributed by atoms with E-state index in [1.807, 2.05) is 10.9 Å². The Hall–Kier alpha value is -1.89. The maximum absolute atomic E-state index is 12.3. The van der Waals surface area contributed by atoms with Gasteiger partial charge in [-0.3, -0.25) is 14.3 Å². The van der Waals surface area contributed by atoms with Crippen molar-refractivity contribution in [1.29, 1.82) is 0 Å². The molecule has 2 atom stereocenters. The van der Waals surface area contributed by atoms with E-state index < -0.39 is 0 Å². The van der Waals surface area contributed by atoms with Crippen molar-refractivity contribution in [3.63, 3.8) is 0 Å². The van der Waals surface area contributed by atoms with Crippen molar-refractivity contribution in [3.8, 4) is 0 Å². The van der Waals surface area contributed by atoms with E-state index in [1.165, 1.54) is 0 Å². The quantitative estimate of drug-likeness (QED) is 0.848. The highest BCUT2D eigenvalue weighted by Crippen LogP contribution is 2.25. The van der Waals surface area contributed by atoms with Crippen LogP contribution < -0.4 is 10.2 Å². The minimum absolute atomic E-state index is 0.0173.